The summed E-state index contributed by atoms with van der Waals surface area (Å²) in [5, 5.41) is 10.4. The Morgan fingerprint density at radius 1 is 0.893 bits per heavy atom. The van der Waals surface area contributed by atoms with Crippen molar-refractivity contribution in [1.82, 2.24) is 40.9 Å². The van der Waals surface area contributed by atoms with Gasteiger partial charge in [0.05, 0.1) is 11.4 Å². The second kappa shape index (κ2) is 25.7. The summed E-state index contributed by atoms with van der Waals surface area (Å²) in [7, 11) is -5.93. The van der Waals surface area contributed by atoms with Crippen LogP contribution in [0.2, 0.25) is 0 Å². The Morgan fingerprint density at radius 3 is 2.35 bits per heavy atom. The van der Waals surface area contributed by atoms with E-state index in [-0.39, 0.29) is 90.7 Å². The van der Waals surface area contributed by atoms with Crippen LogP contribution < -0.4 is 27.0 Å². The molecule has 4 fully saturated rings. The van der Waals surface area contributed by atoms with E-state index in [4.69, 9.17) is 5.73 Å². The number of hydrogen-bond donors (Lipinski definition) is 7. The summed E-state index contributed by atoms with van der Waals surface area (Å²) in [6, 6.07) is 10.7. The van der Waals surface area contributed by atoms with Gasteiger partial charge in [0.2, 0.25) is 41.4 Å². The van der Waals surface area contributed by atoms with Crippen molar-refractivity contribution in [3.05, 3.63) is 105 Å². The fourth-order valence-corrected chi connectivity index (χ4v) is 13.1. The number of amides is 9. The molecule has 27 heteroatoms. The van der Waals surface area contributed by atoms with Gasteiger partial charge in [-0.25, -0.2) is 8.78 Å². The Morgan fingerprint density at radius 2 is 1.64 bits per heavy atom. The lowest BCUT2D eigenvalue weighted by Crippen LogP contribution is -2.61. The zero-order valence-corrected chi connectivity index (χ0v) is 47.0. The van der Waals surface area contributed by atoms with Crippen LogP contribution in [0.15, 0.2) is 72.8 Å². The number of imide groups is 1. The van der Waals surface area contributed by atoms with Crippen molar-refractivity contribution in [2.75, 3.05) is 32.7 Å². The lowest BCUT2D eigenvalue weighted by molar-refractivity contribution is -0.144. The molecule has 9 rings (SSSR count). The Kier molecular flexibility index (Phi) is 18.7. The van der Waals surface area contributed by atoms with Crippen LogP contribution in [0.4, 0.5) is 17.6 Å². The maximum absolute atomic E-state index is 14.7. The summed E-state index contributed by atoms with van der Waals surface area (Å²) in [5.74, 6) is 0.894. The highest BCUT2D eigenvalue weighted by atomic mass is 32.1. The van der Waals surface area contributed by atoms with Gasteiger partial charge in [-0.3, -0.25) is 57.9 Å². The average Bonchev–Trinajstić information content (AvgIpc) is 4.37. The number of likely N-dealkylation sites (tertiary alicyclic amines) is 1. The Bertz CT molecular complexity index is 3370. The first-order valence-electron chi connectivity index (χ1n) is 27.6. The van der Waals surface area contributed by atoms with Crippen LogP contribution in [0.25, 0.3) is 10.1 Å². The van der Waals surface area contributed by atoms with E-state index in [2.05, 4.69) is 33.1 Å². The molecule has 0 spiro atoms. The number of nitrogens with zero attached hydrogens (tertiary/aromatic N) is 4. The molecule has 5 aliphatic heterocycles. The standard InChI is InChI=1S/C57H62F4N9O12PS/c58-46(59)31-67-24-23-37-14-16-43(70(37)55(78)41(30-67)64-53(76)45-28-35-27-36(13-18-44(35)84-45)57(60,61)83(80,81)82)52(75)63-40(15-19-47(62)71)50(73)66-49(34-9-2-1-3-10-34)56(79)68-25-21-32(22-26-68)7-4-5-8-33-11-6-12-38-39(33)29-69(54(38)77)42-17-20-48(72)65-51(42)74/h1-3,6,9-13,18,27-28,32,37,40-43,46,49H,4,7,14-17,19-26,29-31H2,(H2,62,71)(H,63,75)(H,64,76)(H,66,73)(H,65,72,74)(H2,80,81,82)/t37-,40?,41+,42?,43+,49?/m1/s1. The zero-order chi connectivity index (χ0) is 60.2. The first kappa shape index (κ1) is 61.0. The van der Waals surface area contributed by atoms with Crippen molar-refractivity contribution >= 4 is 82.2 Å². The normalized spacial score (nSPS) is 21.4. The quantitative estimate of drug-likeness (QED) is 0.0321. The van der Waals surface area contributed by atoms with Crippen molar-refractivity contribution in [3.8, 4) is 11.8 Å². The molecule has 6 heterocycles. The summed E-state index contributed by atoms with van der Waals surface area (Å²) < 4.78 is 68.8. The number of carbonyl (C=O) groups excluding carboxylic acids is 9. The van der Waals surface area contributed by atoms with E-state index in [1.54, 1.807) is 47.4 Å². The minimum Gasteiger partial charge on any atom is -0.370 e. The van der Waals surface area contributed by atoms with E-state index in [0.29, 0.717) is 49.0 Å². The maximum atomic E-state index is 14.7. The molecule has 0 aliphatic carbocycles. The molecule has 8 N–H and O–H groups in total. The van der Waals surface area contributed by atoms with E-state index in [0.717, 1.165) is 41.5 Å². The molecule has 1 aromatic heterocycles. The fraction of sp³-hybridized carbons (Fsp3) is 0.456. The van der Waals surface area contributed by atoms with E-state index in [1.165, 1.54) is 20.8 Å². The molecule has 84 heavy (non-hydrogen) atoms. The zero-order valence-electron chi connectivity index (χ0n) is 45.3. The highest BCUT2D eigenvalue weighted by Gasteiger charge is 2.51. The number of alkyl halides is 4. The minimum absolute atomic E-state index is 0.0272. The molecular weight excluding hydrogens is 1140 g/mol. The smallest absolute Gasteiger partial charge is 0.370 e. The first-order valence-corrected chi connectivity index (χ1v) is 30.0. The van der Waals surface area contributed by atoms with Gasteiger partial charge in [0, 0.05) is 79.4 Å². The number of primary amides is 1. The van der Waals surface area contributed by atoms with Gasteiger partial charge in [-0.2, -0.15) is 8.78 Å². The summed E-state index contributed by atoms with van der Waals surface area (Å²) in [4.78, 5) is 146. The fourth-order valence-electron chi connectivity index (χ4n) is 11.7. The number of piperidine rings is 2. The third kappa shape index (κ3) is 13.7. The summed E-state index contributed by atoms with van der Waals surface area (Å²) in [5.41, 5.74) is 2.28. The summed E-state index contributed by atoms with van der Waals surface area (Å²) in [6.45, 7) is -0.242. The molecule has 0 bridgehead atoms. The van der Waals surface area contributed by atoms with Gasteiger partial charge >= 0.3 is 13.3 Å². The molecule has 3 unspecified atom stereocenters. The third-order valence-electron chi connectivity index (χ3n) is 16.1. The summed E-state index contributed by atoms with van der Waals surface area (Å²) in [6.07, 6.45) is -0.172. The number of nitrogens with two attached hydrogens (primary N) is 1. The monoisotopic (exact) mass is 1200 g/mol. The maximum Gasteiger partial charge on any atom is 0.399 e. The van der Waals surface area contributed by atoms with Crippen LogP contribution in [0.5, 0.6) is 0 Å². The van der Waals surface area contributed by atoms with E-state index in [1.807, 2.05) is 6.07 Å². The number of fused-ring (bicyclic) bond motifs is 3. The van der Waals surface area contributed by atoms with E-state index in [9.17, 15) is 75.1 Å². The van der Waals surface area contributed by atoms with Crippen LogP contribution in [-0.4, -0.2) is 152 Å². The molecule has 6 atom stereocenters. The predicted octanol–water partition coefficient (Wildman–Crippen LogP) is 4.00. The van der Waals surface area contributed by atoms with Gasteiger partial charge in [-0.15, -0.1) is 11.3 Å². The molecule has 3 aromatic carbocycles. The van der Waals surface area contributed by atoms with E-state index < -0.39 is 116 Å². The van der Waals surface area contributed by atoms with Crippen molar-refractivity contribution < 1.29 is 75.1 Å². The number of thiophene rings is 1. The van der Waals surface area contributed by atoms with Gasteiger partial charge < -0.3 is 46.2 Å². The second-order valence-corrected chi connectivity index (χ2v) is 24.4. The van der Waals surface area contributed by atoms with Crippen molar-refractivity contribution in [2.24, 2.45) is 11.7 Å². The molecule has 0 saturated carbocycles. The molecule has 21 nitrogen and oxygen atoms in total. The SMILES string of the molecule is NC(=O)CCC(NC(=O)[C@@H]1CC[C@@H]2CCN(CC(F)F)C[C@H](NC(=O)c3cc4cc(C(F)(F)P(=O)(O)O)ccc4s3)C(=O)N21)C(=O)NC(C(=O)N1CCC(CCC#Cc2cccc3c2CN(C2CCC(=O)NC2=O)C3=O)CC1)c1ccccc1. The molecule has 4 saturated heterocycles. The van der Waals surface area contributed by atoms with Gasteiger partial charge in [-0.1, -0.05) is 54.3 Å². The second-order valence-electron chi connectivity index (χ2n) is 21.7. The van der Waals surface area contributed by atoms with Gasteiger partial charge in [0.15, 0.2) is 0 Å². The highest BCUT2D eigenvalue weighted by Crippen LogP contribution is 2.59. The molecular formula is C57H62F4N9O12PS. The van der Waals surface area contributed by atoms with Crippen LogP contribution in [0.1, 0.15) is 119 Å². The third-order valence-corrected chi connectivity index (χ3v) is 18.2. The highest BCUT2D eigenvalue weighted by molar-refractivity contribution is 7.52. The average molecular weight is 1200 g/mol. The largest absolute Gasteiger partial charge is 0.399 e. The number of halogens is 4. The number of rotatable bonds is 18. The lowest BCUT2D eigenvalue weighted by atomic mass is 9.91. The van der Waals surface area contributed by atoms with Crippen LogP contribution in [0.3, 0.4) is 0 Å². The van der Waals surface area contributed by atoms with E-state index >= 15 is 0 Å². The topological polar surface area (TPSA) is 298 Å². The number of benzene rings is 3. The molecule has 0 radical (unpaired) electrons. The summed E-state index contributed by atoms with van der Waals surface area (Å²) >= 11 is 0.812. The number of carbonyl (C=O) groups is 9. The number of nitrogens with one attached hydrogen (secondary N) is 4. The molecule has 9 amide bonds. The van der Waals surface area contributed by atoms with Gasteiger partial charge in [-0.05, 0) is 104 Å². The predicted molar refractivity (Wildman–Crippen MR) is 295 cm³/mol. The molecule has 4 aromatic rings. The van der Waals surface area contributed by atoms with Crippen LogP contribution in [-0.2, 0) is 50.3 Å². The van der Waals surface area contributed by atoms with Crippen LogP contribution >= 0.6 is 18.9 Å². The van der Waals surface area contributed by atoms with Gasteiger partial charge in [0.25, 0.3) is 18.2 Å². The Hall–Kier alpha value is -7.56. The minimum atomic E-state index is -5.93. The number of hydrogen-bond acceptors (Lipinski definition) is 12. The van der Waals surface area contributed by atoms with Crippen molar-refractivity contribution in [1.29, 1.82) is 0 Å². The Balaban J connectivity index is 0.847. The van der Waals surface area contributed by atoms with Crippen LogP contribution in [0, 0.1) is 17.8 Å². The molecule has 446 valence electrons. The van der Waals surface area contributed by atoms with Crippen molar-refractivity contribution in [2.45, 2.75) is 126 Å². The Labute approximate surface area is 483 Å². The lowest BCUT2D eigenvalue weighted by Gasteiger charge is -2.38. The van der Waals surface area contributed by atoms with Gasteiger partial charge in [0.1, 0.15) is 30.2 Å². The molecule has 5 aliphatic rings. The van der Waals surface area contributed by atoms with Crippen molar-refractivity contribution in [3.63, 3.8) is 0 Å². The first-order chi connectivity index (χ1) is 40.0.